The van der Waals surface area contributed by atoms with Gasteiger partial charge in [0, 0.05) is 19.4 Å². The third kappa shape index (κ3) is 39.2. The molecule has 1 atom stereocenters. The van der Waals surface area contributed by atoms with E-state index >= 15 is 0 Å². The second-order valence-corrected chi connectivity index (χ2v) is 14.6. The predicted molar refractivity (Wildman–Crippen MR) is 215 cm³/mol. The number of carbonyl (C=O) groups is 2. The number of hydrogen-bond acceptors (Lipinski definition) is 5. The Morgan fingerprint density at radius 3 is 1.36 bits per heavy atom. The quantitative estimate of drug-likeness (QED) is 0.0361. The van der Waals surface area contributed by atoms with Gasteiger partial charge in [-0.25, -0.2) is 0 Å². The van der Waals surface area contributed by atoms with Crippen LogP contribution in [0.2, 0.25) is 0 Å². The van der Waals surface area contributed by atoms with Crippen molar-refractivity contribution in [2.45, 2.75) is 232 Å². The smallest absolute Gasteiger partial charge is 0.306 e. The molecule has 0 spiro atoms. The molecule has 0 saturated heterocycles. The first-order valence-corrected chi connectivity index (χ1v) is 21.9. The Kier molecular flexibility index (Phi) is 40.4. The monoisotopic (exact) mass is 705 g/mol. The fourth-order valence-corrected chi connectivity index (χ4v) is 6.19. The van der Waals surface area contributed by atoms with Crippen LogP contribution in [0.5, 0.6) is 0 Å². The molecule has 0 aliphatic rings. The molecule has 1 unspecified atom stereocenters. The summed E-state index contributed by atoms with van der Waals surface area (Å²) in [6, 6.07) is 0. The highest BCUT2D eigenvalue weighted by molar-refractivity contribution is 5.70. The molecule has 0 saturated carbocycles. The normalized spacial score (nSPS) is 12.3. The van der Waals surface area contributed by atoms with Crippen molar-refractivity contribution in [1.82, 2.24) is 0 Å². The topological polar surface area (TPSA) is 61.8 Å². The van der Waals surface area contributed by atoms with Crippen LogP contribution in [0.3, 0.4) is 0 Å². The minimum Gasteiger partial charge on any atom is -0.462 e. The number of ether oxygens (including phenoxy) is 3. The van der Waals surface area contributed by atoms with Gasteiger partial charge in [-0.15, -0.1) is 0 Å². The van der Waals surface area contributed by atoms with Crippen LogP contribution in [-0.2, 0) is 23.8 Å². The lowest BCUT2D eigenvalue weighted by Gasteiger charge is -2.18. The van der Waals surface area contributed by atoms with Crippen LogP contribution < -0.4 is 0 Å². The van der Waals surface area contributed by atoms with E-state index in [-0.39, 0.29) is 18.5 Å². The summed E-state index contributed by atoms with van der Waals surface area (Å²) in [4.78, 5) is 25.0. The van der Waals surface area contributed by atoms with Gasteiger partial charge in [0.05, 0.1) is 6.61 Å². The summed E-state index contributed by atoms with van der Waals surface area (Å²) < 4.78 is 17.2. The van der Waals surface area contributed by atoms with Crippen LogP contribution in [0.25, 0.3) is 0 Å². The van der Waals surface area contributed by atoms with Crippen molar-refractivity contribution in [3.8, 4) is 0 Å². The van der Waals surface area contributed by atoms with Gasteiger partial charge in [-0.05, 0) is 51.4 Å². The van der Waals surface area contributed by atoms with Gasteiger partial charge in [-0.1, -0.05) is 186 Å². The lowest BCUT2D eigenvalue weighted by atomic mass is 10.1. The molecule has 5 heteroatoms. The maximum Gasteiger partial charge on any atom is 0.306 e. The van der Waals surface area contributed by atoms with Gasteiger partial charge in [0.15, 0.2) is 6.10 Å². The zero-order valence-electron chi connectivity index (χ0n) is 33.7. The molecule has 50 heavy (non-hydrogen) atoms. The van der Waals surface area contributed by atoms with Crippen LogP contribution in [0, 0.1) is 0 Å². The maximum absolute atomic E-state index is 12.6. The van der Waals surface area contributed by atoms with Gasteiger partial charge in [0.2, 0.25) is 0 Å². The molecule has 0 aliphatic heterocycles. The molecule has 0 aromatic carbocycles. The number of unbranched alkanes of at least 4 members (excludes halogenated alkanes) is 25. The molecular weight excluding hydrogens is 620 g/mol. The Morgan fingerprint density at radius 2 is 0.840 bits per heavy atom. The summed E-state index contributed by atoms with van der Waals surface area (Å²) in [6.45, 7) is 7.77. The number of rotatable bonds is 40. The first-order valence-electron chi connectivity index (χ1n) is 21.9. The summed E-state index contributed by atoms with van der Waals surface area (Å²) in [5, 5.41) is 0. The number of esters is 2. The summed E-state index contributed by atoms with van der Waals surface area (Å²) in [6.07, 6.45) is 46.0. The molecule has 0 aromatic heterocycles. The number of allylic oxidation sites excluding steroid dienone is 4. The van der Waals surface area contributed by atoms with Gasteiger partial charge in [0.25, 0.3) is 0 Å². The molecule has 294 valence electrons. The molecule has 0 fully saturated rings. The van der Waals surface area contributed by atoms with Crippen molar-refractivity contribution in [3.05, 3.63) is 24.3 Å². The summed E-state index contributed by atoms with van der Waals surface area (Å²) >= 11 is 0. The highest BCUT2D eigenvalue weighted by Crippen LogP contribution is 2.14. The Morgan fingerprint density at radius 1 is 0.440 bits per heavy atom. The molecule has 0 aromatic rings. The third-order valence-electron chi connectivity index (χ3n) is 9.49. The molecular formula is C45H84O5. The van der Waals surface area contributed by atoms with E-state index in [1.54, 1.807) is 0 Å². The van der Waals surface area contributed by atoms with E-state index in [9.17, 15) is 9.59 Å². The number of carbonyl (C=O) groups excluding carboxylic acids is 2. The molecule has 5 nitrogen and oxygen atoms in total. The summed E-state index contributed by atoms with van der Waals surface area (Å²) in [7, 11) is 0. The minimum atomic E-state index is -0.527. The molecule has 0 N–H and O–H groups in total. The molecule has 0 rings (SSSR count). The Hall–Kier alpha value is -1.62. The first kappa shape index (κ1) is 48.4. The Bertz CT molecular complexity index is 761. The van der Waals surface area contributed by atoms with Crippen LogP contribution in [0.4, 0.5) is 0 Å². The average Bonchev–Trinajstić information content (AvgIpc) is 3.11. The third-order valence-corrected chi connectivity index (χ3v) is 9.49. The fraction of sp³-hybridized carbons (Fsp3) is 0.867. The van der Waals surface area contributed by atoms with Gasteiger partial charge in [-0.3, -0.25) is 9.59 Å². The van der Waals surface area contributed by atoms with E-state index < -0.39 is 6.10 Å². The average molecular weight is 705 g/mol. The number of hydrogen-bond donors (Lipinski definition) is 0. The van der Waals surface area contributed by atoms with E-state index in [2.05, 4.69) is 45.1 Å². The molecule has 0 aliphatic carbocycles. The molecule has 0 heterocycles. The van der Waals surface area contributed by atoms with Gasteiger partial charge >= 0.3 is 11.9 Å². The standard InChI is InChI=1S/C45H84O5/c1-4-7-10-13-16-18-20-21-22-23-24-25-26-27-30-32-35-38-44(46)49-42-43(50-45(47)39-36-33-29-15-12-9-6-3)41-48-40-37-34-31-28-19-17-14-11-8-5-2/h16,18,21-22,43H,4-15,17,19-20,23-42H2,1-3H3/b18-16-,22-21-. The van der Waals surface area contributed by atoms with Gasteiger partial charge in [-0.2, -0.15) is 0 Å². The Labute approximate surface area is 311 Å². The van der Waals surface area contributed by atoms with E-state index in [4.69, 9.17) is 14.2 Å². The van der Waals surface area contributed by atoms with Crippen molar-refractivity contribution in [3.63, 3.8) is 0 Å². The SMILES string of the molecule is CCCCC/C=C\C/C=C\CCCCCCCCCC(=O)OCC(COCCCCCCCCCCCC)OC(=O)CCCCCCCCC. The van der Waals surface area contributed by atoms with E-state index in [1.165, 1.54) is 148 Å². The maximum atomic E-state index is 12.6. The van der Waals surface area contributed by atoms with E-state index in [1.807, 2.05) is 0 Å². The van der Waals surface area contributed by atoms with Crippen molar-refractivity contribution in [2.24, 2.45) is 0 Å². The van der Waals surface area contributed by atoms with Crippen LogP contribution in [-0.4, -0.2) is 37.9 Å². The molecule has 0 radical (unpaired) electrons. The molecule has 0 amide bonds. The van der Waals surface area contributed by atoms with E-state index in [0.717, 1.165) is 44.9 Å². The summed E-state index contributed by atoms with van der Waals surface area (Å²) in [5.41, 5.74) is 0. The fourth-order valence-electron chi connectivity index (χ4n) is 6.19. The highest BCUT2D eigenvalue weighted by Gasteiger charge is 2.17. The Balaban J connectivity index is 4.11. The largest absolute Gasteiger partial charge is 0.462 e. The zero-order chi connectivity index (χ0) is 36.4. The second-order valence-electron chi connectivity index (χ2n) is 14.6. The van der Waals surface area contributed by atoms with Crippen LogP contribution in [0.15, 0.2) is 24.3 Å². The minimum absolute atomic E-state index is 0.0866. The van der Waals surface area contributed by atoms with Crippen LogP contribution >= 0.6 is 0 Å². The van der Waals surface area contributed by atoms with Crippen LogP contribution in [0.1, 0.15) is 226 Å². The molecule has 0 bridgehead atoms. The highest BCUT2D eigenvalue weighted by atomic mass is 16.6. The van der Waals surface area contributed by atoms with Crippen molar-refractivity contribution < 1.29 is 23.8 Å². The lowest BCUT2D eigenvalue weighted by Crippen LogP contribution is -2.30. The van der Waals surface area contributed by atoms with Crippen molar-refractivity contribution in [2.75, 3.05) is 19.8 Å². The van der Waals surface area contributed by atoms with Gasteiger partial charge in [0.1, 0.15) is 6.61 Å². The van der Waals surface area contributed by atoms with Crippen molar-refractivity contribution >= 4 is 11.9 Å². The summed E-state index contributed by atoms with van der Waals surface area (Å²) in [5.74, 6) is -0.404. The second kappa shape index (κ2) is 41.8. The predicted octanol–water partition coefficient (Wildman–Crippen LogP) is 14.1. The van der Waals surface area contributed by atoms with Gasteiger partial charge < -0.3 is 14.2 Å². The van der Waals surface area contributed by atoms with E-state index in [0.29, 0.717) is 26.1 Å². The van der Waals surface area contributed by atoms with Crippen molar-refractivity contribution in [1.29, 1.82) is 0 Å². The first-order chi connectivity index (χ1) is 24.6. The zero-order valence-corrected chi connectivity index (χ0v) is 33.7. The lowest BCUT2D eigenvalue weighted by molar-refractivity contribution is -0.163.